The van der Waals surface area contributed by atoms with Crippen LogP contribution in [0.25, 0.3) is 0 Å². The van der Waals surface area contributed by atoms with Crippen LogP contribution in [0.1, 0.15) is 23.1 Å². The summed E-state index contributed by atoms with van der Waals surface area (Å²) < 4.78 is 4.83. The van der Waals surface area contributed by atoms with Gasteiger partial charge < -0.3 is 5.32 Å². The first-order valence-corrected chi connectivity index (χ1v) is 6.67. The van der Waals surface area contributed by atoms with Gasteiger partial charge in [0.25, 0.3) is 0 Å². The van der Waals surface area contributed by atoms with E-state index in [0.717, 1.165) is 22.3 Å². The van der Waals surface area contributed by atoms with Gasteiger partial charge in [0.2, 0.25) is 0 Å². The van der Waals surface area contributed by atoms with E-state index in [-0.39, 0.29) is 6.04 Å². The van der Waals surface area contributed by atoms with Gasteiger partial charge in [0, 0.05) is 26.7 Å². The van der Waals surface area contributed by atoms with E-state index in [1.54, 1.807) is 0 Å². The molecule has 0 saturated heterocycles. The smallest absolute Gasteiger partial charge is 0.0797 e. The highest BCUT2D eigenvalue weighted by Crippen LogP contribution is 2.25. The fraction of sp³-hybridized carbons (Fsp3) is 0.500. The van der Waals surface area contributed by atoms with Gasteiger partial charge in [-0.05, 0) is 36.0 Å². The SMILES string of the molecule is CNC(Cc1c(Br)c(C)nn1C)c1ccn(C)n1. The molecule has 0 radical (unpaired) electrons. The van der Waals surface area contributed by atoms with Crippen molar-refractivity contribution in [3.05, 3.63) is 33.8 Å². The molecule has 0 spiro atoms. The summed E-state index contributed by atoms with van der Waals surface area (Å²) in [6.07, 6.45) is 2.81. The van der Waals surface area contributed by atoms with Crippen LogP contribution in [0.3, 0.4) is 0 Å². The maximum absolute atomic E-state index is 4.45. The van der Waals surface area contributed by atoms with Crippen molar-refractivity contribution in [3.63, 3.8) is 0 Å². The number of hydrogen-bond donors (Lipinski definition) is 1. The van der Waals surface area contributed by atoms with E-state index in [0.29, 0.717) is 0 Å². The molecule has 0 aliphatic rings. The molecule has 0 aliphatic carbocycles. The highest BCUT2D eigenvalue weighted by molar-refractivity contribution is 9.10. The lowest BCUT2D eigenvalue weighted by molar-refractivity contribution is 0.539. The summed E-state index contributed by atoms with van der Waals surface area (Å²) >= 11 is 3.60. The predicted molar refractivity (Wildman–Crippen MR) is 74.4 cm³/mol. The molecule has 1 unspecified atom stereocenters. The minimum absolute atomic E-state index is 0.192. The number of likely N-dealkylation sites (N-methyl/N-ethyl adjacent to an activating group) is 1. The summed E-state index contributed by atoms with van der Waals surface area (Å²) in [5.74, 6) is 0. The average molecular weight is 312 g/mol. The van der Waals surface area contributed by atoms with Gasteiger partial charge in [0.15, 0.2) is 0 Å². The van der Waals surface area contributed by atoms with Gasteiger partial charge in [0.1, 0.15) is 0 Å². The highest BCUT2D eigenvalue weighted by Gasteiger charge is 2.18. The maximum atomic E-state index is 4.45. The van der Waals surface area contributed by atoms with Crippen molar-refractivity contribution < 1.29 is 0 Å². The Morgan fingerprint density at radius 2 is 2.11 bits per heavy atom. The van der Waals surface area contributed by atoms with E-state index < -0.39 is 0 Å². The van der Waals surface area contributed by atoms with E-state index in [1.165, 1.54) is 5.69 Å². The quantitative estimate of drug-likeness (QED) is 0.935. The van der Waals surface area contributed by atoms with Gasteiger partial charge in [-0.15, -0.1) is 0 Å². The molecule has 0 amide bonds. The molecule has 1 atom stereocenters. The van der Waals surface area contributed by atoms with Crippen LogP contribution in [0.4, 0.5) is 0 Å². The average Bonchev–Trinajstić information content (AvgIpc) is 2.84. The van der Waals surface area contributed by atoms with Gasteiger partial charge in [-0.2, -0.15) is 10.2 Å². The minimum Gasteiger partial charge on any atom is -0.311 e. The summed E-state index contributed by atoms with van der Waals surface area (Å²) in [7, 11) is 5.86. The topological polar surface area (TPSA) is 47.7 Å². The largest absolute Gasteiger partial charge is 0.311 e. The Balaban J connectivity index is 2.25. The number of nitrogens with zero attached hydrogens (tertiary/aromatic N) is 4. The predicted octanol–water partition coefficient (Wildman–Crippen LogP) is 1.73. The number of hydrogen-bond acceptors (Lipinski definition) is 3. The third-order valence-electron chi connectivity index (χ3n) is 3.10. The Labute approximate surface area is 115 Å². The lowest BCUT2D eigenvalue weighted by atomic mass is 10.1. The van der Waals surface area contributed by atoms with E-state index >= 15 is 0 Å². The van der Waals surface area contributed by atoms with Crippen LogP contribution in [0, 0.1) is 6.92 Å². The Morgan fingerprint density at radius 1 is 1.39 bits per heavy atom. The summed E-state index contributed by atoms with van der Waals surface area (Å²) in [4.78, 5) is 0. The fourth-order valence-corrected chi connectivity index (χ4v) is 2.57. The Morgan fingerprint density at radius 3 is 2.56 bits per heavy atom. The van der Waals surface area contributed by atoms with Gasteiger partial charge in [-0.25, -0.2) is 0 Å². The van der Waals surface area contributed by atoms with Crippen LogP contribution in [0.2, 0.25) is 0 Å². The molecule has 0 bridgehead atoms. The van der Waals surface area contributed by atoms with Gasteiger partial charge >= 0.3 is 0 Å². The van der Waals surface area contributed by atoms with Crippen LogP contribution in [0.5, 0.6) is 0 Å². The highest BCUT2D eigenvalue weighted by atomic mass is 79.9. The molecule has 2 heterocycles. The Kier molecular flexibility index (Phi) is 3.87. The van der Waals surface area contributed by atoms with Crippen LogP contribution in [-0.2, 0) is 20.5 Å². The van der Waals surface area contributed by atoms with Crippen molar-refractivity contribution in [3.8, 4) is 0 Å². The standard InChI is InChI=1S/C12H18BrN5/c1-8-12(13)11(18(4)15-8)7-10(14-2)9-5-6-17(3)16-9/h5-6,10,14H,7H2,1-4H3. The number of halogens is 1. The molecule has 0 saturated carbocycles. The van der Waals surface area contributed by atoms with Crippen molar-refractivity contribution in [1.82, 2.24) is 24.9 Å². The molecule has 2 aromatic heterocycles. The third-order valence-corrected chi connectivity index (χ3v) is 4.13. The van der Waals surface area contributed by atoms with Crippen molar-refractivity contribution in [2.24, 2.45) is 14.1 Å². The number of rotatable bonds is 4. The zero-order chi connectivity index (χ0) is 13.3. The normalized spacial score (nSPS) is 12.9. The zero-order valence-corrected chi connectivity index (χ0v) is 12.7. The Bertz CT molecular complexity index is 543. The number of aryl methyl sites for hydroxylation is 3. The fourth-order valence-electron chi connectivity index (χ4n) is 2.07. The second kappa shape index (κ2) is 5.24. The van der Waals surface area contributed by atoms with E-state index in [2.05, 4.69) is 31.4 Å². The molecule has 0 aliphatic heterocycles. The molecule has 2 rings (SSSR count). The van der Waals surface area contributed by atoms with Crippen molar-refractivity contribution in [1.29, 1.82) is 0 Å². The lowest BCUT2D eigenvalue weighted by Crippen LogP contribution is -2.21. The zero-order valence-electron chi connectivity index (χ0n) is 11.1. The summed E-state index contributed by atoms with van der Waals surface area (Å²) in [5, 5.41) is 12.2. The van der Waals surface area contributed by atoms with Crippen molar-refractivity contribution in [2.75, 3.05) is 7.05 Å². The van der Waals surface area contributed by atoms with E-state index in [9.17, 15) is 0 Å². The first kappa shape index (κ1) is 13.3. The van der Waals surface area contributed by atoms with Crippen LogP contribution in [0.15, 0.2) is 16.7 Å². The molecule has 18 heavy (non-hydrogen) atoms. The molecule has 6 heteroatoms. The summed E-state index contributed by atoms with van der Waals surface area (Å²) in [5.41, 5.74) is 3.24. The molecule has 0 fully saturated rings. The monoisotopic (exact) mass is 311 g/mol. The van der Waals surface area contributed by atoms with Gasteiger partial charge in [-0.1, -0.05) is 0 Å². The van der Waals surface area contributed by atoms with Crippen LogP contribution < -0.4 is 5.32 Å². The first-order chi connectivity index (χ1) is 8.52. The van der Waals surface area contributed by atoms with Crippen molar-refractivity contribution in [2.45, 2.75) is 19.4 Å². The minimum atomic E-state index is 0.192. The summed E-state index contributed by atoms with van der Waals surface area (Å²) in [6.45, 7) is 2.00. The van der Waals surface area contributed by atoms with E-state index in [4.69, 9.17) is 0 Å². The second-order valence-corrected chi connectivity index (χ2v) is 5.22. The number of nitrogens with one attached hydrogen (secondary N) is 1. The van der Waals surface area contributed by atoms with Gasteiger partial charge in [0.05, 0.1) is 27.6 Å². The van der Waals surface area contributed by atoms with Crippen LogP contribution in [-0.4, -0.2) is 26.6 Å². The van der Waals surface area contributed by atoms with Gasteiger partial charge in [-0.3, -0.25) is 9.36 Å². The first-order valence-electron chi connectivity index (χ1n) is 5.87. The second-order valence-electron chi connectivity index (χ2n) is 4.43. The molecule has 1 N–H and O–H groups in total. The van der Waals surface area contributed by atoms with E-state index in [1.807, 2.05) is 49.7 Å². The number of aromatic nitrogens is 4. The molecule has 98 valence electrons. The summed E-state index contributed by atoms with van der Waals surface area (Å²) in [6, 6.07) is 2.23. The lowest BCUT2D eigenvalue weighted by Gasteiger charge is -2.14. The molecule has 5 nitrogen and oxygen atoms in total. The van der Waals surface area contributed by atoms with Crippen LogP contribution >= 0.6 is 15.9 Å². The molecular formula is C12H18BrN5. The molecule has 2 aromatic rings. The Hall–Kier alpha value is -1.14. The third kappa shape index (κ3) is 2.49. The molecular weight excluding hydrogens is 294 g/mol. The molecule has 0 aromatic carbocycles. The maximum Gasteiger partial charge on any atom is 0.0797 e. The van der Waals surface area contributed by atoms with Crippen molar-refractivity contribution >= 4 is 15.9 Å².